The summed E-state index contributed by atoms with van der Waals surface area (Å²) < 4.78 is 55.2. The number of carbonyl (C=O) groups excluding carboxylic acids is 3. The van der Waals surface area contributed by atoms with E-state index in [0.717, 1.165) is 22.0 Å². The van der Waals surface area contributed by atoms with Crippen LogP contribution in [0.3, 0.4) is 0 Å². The molecular formula is C43H51F3N6O5S. The fraction of sp³-hybridized carbons (Fsp3) is 0.372. The third-order valence-electron chi connectivity index (χ3n) is 8.97. The summed E-state index contributed by atoms with van der Waals surface area (Å²) in [4.78, 5) is 48.3. The number of alkyl halides is 3. The summed E-state index contributed by atoms with van der Waals surface area (Å²) in [5.74, 6) is 0.831. The van der Waals surface area contributed by atoms with E-state index < -0.39 is 17.8 Å². The number of amides is 2. The maximum atomic E-state index is 14.3. The lowest BCUT2D eigenvalue weighted by Crippen LogP contribution is -2.37. The van der Waals surface area contributed by atoms with Gasteiger partial charge < -0.3 is 34.7 Å². The monoisotopic (exact) mass is 820 g/mol. The van der Waals surface area contributed by atoms with E-state index >= 15 is 0 Å². The van der Waals surface area contributed by atoms with E-state index in [-0.39, 0.29) is 48.4 Å². The number of thiazole rings is 1. The second-order valence-corrected chi connectivity index (χ2v) is 13.8. The van der Waals surface area contributed by atoms with Crippen LogP contribution in [-0.4, -0.2) is 86.5 Å². The molecule has 2 aromatic heterocycles. The van der Waals surface area contributed by atoms with Gasteiger partial charge in [-0.15, -0.1) is 11.3 Å². The zero-order valence-electron chi connectivity index (χ0n) is 33.9. The molecule has 11 nitrogen and oxygen atoms in total. The summed E-state index contributed by atoms with van der Waals surface area (Å²) in [5.41, 5.74) is 2.90. The molecule has 58 heavy (non-hydrogen) atoms. The summed E-state index contributed by atoms with van der Waals surface area (Å²) in [6, 6.07) is 17.7. The molecule has 2 amide bonds. The SMILES string of the molecule is CC.CC.CNC(=O)CCC(C=O)N1Cc2cc(OCCOCCNc3ccc4nc(-c5ccc(-c6ccc(N(C)C)nc6)cc5C(F)(F)F)sc4c3)ccc2C1=O. The molecule has 1 aliphatic heterocycles. The largest absolute Gasteiger partial charge is 0.491 e. The normalized spacial score (nSPS) is 12.4. The van der Waals surface area contributed by atoms with Crippen molar-refractivity contribution in [3.63, 3.8) is 0 Å². The van der Waals surface area contributed by atoms with Crippen molar-refractivity contribution >= 4 is 51.2 Å². The van der Waals surface area contributed by atoms with Gasteiger partial charge in [-0.2, -0.15) is 13.2 Å². The molecule has 2 N–H and O–H groups in total. The third kappa shape index (κ3) is 11.3. The summed E-state index contributed by atoms with van der Waals surface area (Å²) in [5, 5.41) is 6.07. The van der Waals surface area contributed by atoms with E-state index in [1.54, 1.807) is 48.7 Å². The van der Waals surface area contributed by atoms with E-state index in [2.05, 4.69) is 20.6 Å². The van der Waals surface area contributed by atoms with Crippen molar-refractivity contribution in [1.29, 1.82) is 0 Å². The van der Waals surface area contributed by atoms with Crippen molar-refractivity contribution < 1.29 is 37.0 Å². The number of rotatable bonds is 16. The van der Waals surface area contributed by atoms with Crippen molar-refractivity contribution in [2.24, 2.45) is 0 Å². The number of aromatic nitrogens is 2. The molecule has 3 heterocycles. The Balaban J connectivity index is 0.00000180. The molecule has 1 aliphatic rings. The van der Waals surface area contributed by atoms with Crippen molar-refractivity contribution in [3.05, 3.63) is 89.6 Å². The van der Waals surface area contributed by atoms with Gasteiger partial charge >= 0.3 is 6.18 Å². The smallest absolute Gasteiger partial charge is 0.417 e. The Bertz CT molecular complexity index is 2140. The van der Waals surface area contributed by atoms with Gasteiger partial charge in [0.25, 0.3) is 5.91 Å². The third-order valence-corrected chi connectivity index (χ3v) is 10.0. The van der Waals surface area contributed by atoms with Gasteiger partial charge in [-0.05, 0) is 72.1 Å². The lowest BCUT2D eigenvalue weighted by molar-refractivity contribution is -0.137. The van der Waals surface area contributed by atoms with Crippen molar-refractivity contribution in [3.8, 4) is 27.4 Å². The van der Waals surface area contributed by atoms with Crippen LogP contribution in [0.2, 0.25) is 0 Å². The highest BCUT2D eigenvalue weighted by Crippen LogP contribution is 2.42. The number of fused-ring (bicyclic) bond motifs is 2. The van der Waals surface area contributed by atoms with E-state index in [0.29, 0.717) is 59.8 Å². The lowest BCUT2D eigenvalue weighted by Gasteiger charge is -2.22. The Kier molecular flexibility index (Phi) is 16.6. The van der Waals surface area contributed by atoms with Crippen molar-refractivity contribution in [2.45, 2.75) is 59.3 Å². The molecule has 310 valence electrons. The van der Waals surface area contributed by atoms with Crippen LogP contribution in [-0.2, 0) is 27.0 Å². The summed E-state index contributed by atoms with van der Waals surface area (Å²) in [7, 11) is 5.21. The van der Waals surface area contributed by atoms with Crippen LogP contribution in [0.4, 0.5) is 24.7 Å². The Hall–Kier alpha value is -5.54. The number of hydrogen-bond donors (Lipinski definition) is 2. The van der Waals surface area contributed by atoms with Crippen LogP contribution in [0.15, 0.2) is 72.9 Å². The second kappa shape index (κ2) is 21.3. The maximum Gasteiger partial charge on any atom is 0.417 e. The number of benzene rings is 3. The van der Waals surface area contributed by atoms with E-state index in [1.165, 1.54) is 29.4 Å². The molecule has 0 bridgehead atoms. The van der Waals surface area contributed by atoms with Crippen LogP contribution >= 0.6 is 11.3 Å². The Labute approximate surface area is 341 Å². The molecule has 0 aliphatic carbocycles. The van der Waals surface area contributed by atoms with Crippen LogP contribution in [0.1, 0.15) is 62.0 Å². The summed E-state index contributed by atoms with van der Waals surface area (Å²) in [6.07, 6.45) is -1.93. The number of nitrogens with one attached hydrogen (secondary N) is 2. The van der Waals surface area contributed by atoms with Crippen LogP contribution in [0, 0.1) is 0 Å². The van der Waals surface area contributed by atoms with Gasteiger partial charge in [0.2, 0.25) is 5.91 Å². The molecule has 0 spiro atoms. The average Bonchev–Trinajstić information content (AvgIpc) is 3.81. The number of anilines is 2. The first-order chi connectivity index (χ1) is 27.9. The Morgan fingerprint density at radius 3 is 2.38 bits per heavy atom. The molecule has 15 heteroatoms. The topological polar surface area (TPSA) is 126 Å². The van der Waals surface area contributed by atoms with Gasteiger partial charge in [-0.3, -0.25) is 9.59 Å². The zero-order valence-corrected chi connectivity index (χ0v) is 34.7. The number of carbonyl (C=O) groups is 3. The van der Waals surface area contributed by atoms with Crippen LogP contribution in [0.5, 0.6) is 5.75 Å². The van der Waals surface area contributed by atoms with Gasteiger partial charge in [0, 0.05) is 69.2 Å². The highest BCUT2D eigenvalue weighted by molar-refractivity contribution is 7.21. The number of aldehydes is 1. The lowest BCUT2D eigenvalue weighted by atomic mass is 10.00. The van der Waals surface area contributed by atoms with Gasteiger partial charge in [0.1, 0.15) is 29.5 Å². The quantitative estimate of drug-likeness (QED) is 0.0743. The molecule has 0 saturated carbocycles. The van der Waals surface area contributed by atoms with Crippen LogP contribution < -0.4 is 20.3 Å². The second-order valence-electron chi connectivity index (χ2n) is 12.8. The minimum Gasteiger partial charge on any atom is -0.491 e. The number of ether oxygens (including phenoxy) is 2. The Morgan fingerprint density at radius 2 is 1.71 bits per heavy atom. The van der Waals surface area contributed by atoms with Gasteiger partial charge in [0.05, 0.1) is 35.0 Å². The van der Waals surface area contributed by atoms with Crippen LogP contribution in [0.25, 0.3) is 31.9 Å². The number of pyridine rings is 1. The predicted octanol–water partition coefficient (Wildman–Crippen LogP) is 8.72. The molecule has 3 aromatic carbocycles. The fourth-order valence-corrected chi connectivity index (χ4v) is 7.13. The molecule has 1 atom stereocenters. The first-order valence-electron chi connectivity index (χ1n) is 19.3. The van der Waals surface area contributed by atoms with Gasteiger partial charge in [0.15, 0.2) is 0 Å². The minimum absolute atomic E-state index is 0.0202. The molecule has 6 rings (SSSR count). The van der Waals surface area contributed by atoms with Crippen molar-refractivity contribution in [1.82, 2.24) is 20.2 Å². The van der Waals surface area contributed by atoms with Gasteiger partial charge in [-0.1, -0.05) is 39.8 Å². The fourth-order valence-electron chi connectivity index (χ4n) is 6.08. The summed E-state index contributed by atoms with van der Waals surface area (Å²) >= 11 is 1.20. The minimum atomic E-state index is -4.58. The highest BCUT2D eigenvalue weighted by atomic mass is 32.1. The number of halogens is 3. The number of hydrogen-bond acceptors (Lipinski definition) is 10. The van der Waals surface area contributed by atoms with E-state index in [1.807, 2.05) is 58.8 Å². The van der Waals surface area contributed by atoms with Gasteiger partial charge in [-0.25, -0.2) is 9.97 Å². The first-order valence-corrected chi connectivity index (χ1v) is 20.1. The maximum absolute atomic E-state index is 14.3. The average molecular weight is 821 g/mol. The van der Waals surface area contributed by atoms with E-state index in [4.69, 9.17) is 9.47 Å². The molecule has 0 saturated heterocycles. The standard InChI is InChI=1S/C39H39F3N6O5S.2C2H6/c1-43-36(50)13-7-28(23-49)48-22-26-18-29(8-10-30(26)38(48)51)53-17-16-52-15-14-44-27-6-11-33-34(20-27)54-37(46-33)31-9-4-24(19-32(31)39(40,41)42)25-5-12-35(45-21-25)47(2)3;2*1-2/h4-6,8-12,18-21,23,28,44H,7,13-17,22H2,1-3H3,(H,43,50);2*1-2H3. The first kappa shape index (κ1) is 45.2. The Morgan fingerprint density at radius 1 is 0.966 bits per heavy atom. The molecule has 1 unspecified atom stereocenters. The molecule has 5 aromatic rings. The highest BCUT2D eigenvalue weighted by Gasteiger charge is 2.35. The molecule has 0 fully saturated rings. The predicted molar refractivity (Wildman–Crippen MR) is 225 cm³/mol. The molecule has 0 radical (unpaired) electrons. The number of nitrogens with zero attached hydrogens (tertiary/aromatic N) is 4. The summed E-state index contributed by atoms with van der Waals surface area (Å²) in [6.45, 7) is 9.70. The molecular weight excluding hydrogens is 770 g/mol. The zero-order chi connectivity index (χ0) is 42.4. The van der Waals surface area contributed by atoms with E-state index in [9.17, 15) is 27.6 Å². The van der Waals surface area contributed by atoms with Crippen molar-refractivity contribution in [2.75, 3.05) is 57.7 Å².